The van der Waals surface area contributed by atoms with Gasteiger partial charge in [0.25, 0.3) is 5.56 Å². The monoisotopic (exact) mass is 378 g/mol. The number of thiophene rings is 1. The van der Waals surface area contributed by atoms with Crippen LogP contribution >= 0.6 is 22.9 Å². The molecule has 0 bridgehead atoms. The zero-order chi connectivity index (χ0) is 17.6. The van der Waals surface area contributed by atoms with Gasteiger partial charge in [0.05, 0.1) is 10.4 Å². The number of benzene rings is 1. The Labute approximate surface area is 152 Å². The van der Waals surface area contributed by atoms with Crippen molar-refractivity contribution in [2.75, 3.05) is 0 Å². The summed E-state index contributed by atoms with van der Waals surface area (Å²) < 4.78 is 18.7. The molecule has 0 fully saturated rings. The van der Waals surface area contributed by atoms with Crippen LogP contribution in [0.25, 0.3) is 10.2 Å². The third kappa shape index (κ3) is 3.16. The molecule has 1 atom stereocenters. The van der Waals surface area contributed by atoms with E-state index in [0.717, 1.165) is 35.0 Å². The standard InChI is InChI=1S/C18H16ClFN2O2S/c1-9-2-4-11-14(6-9)25-18-16(11)17(23)21-15(22-18)8-24-13-5-3-10(20)7-12(13)19/h3,5,7,9H,2,4,6,8H2,1H3,(H,21,22,23). The van der Waals surface area contributed by atoms with Gasteiger partial charge in [-0.3, -0.25) is 4.79 Å². The molecule has 25 heavy (non-hydrogen) atoms. The molecule has 4 nitrogen and oxygen atoms in total. The van der Waals surface area contributed by atoms with Crippen LogP contribution < -0.4 is 10.3 Å². The zero-order valence-electron chi connectivity index (χ0n) is 13.6. The van der Waals surface area contributed by atoms with E-state index in [4.69, 9.17) is 16.3 Å². The topological polar surface area (TPSA) is 55.0 Å². The van der Waals surface area contributed by atoms with Gasteiger partial charge in [-0.15, -0.1) is 11.3 Å². The normalized spacial score (nSPS) is 16.8. The van der Waals surface area contributed by atoms with Crippen molar-refractivity contribution < 1.29 is 9.13 Å². The number of nitrogens with zero attached hydrogens (tertiary/aromatic N) is 1. The fourth-order valence-corrected chi connectivity index (χ4v) is 4.82. The van der Waals surface area contributed by atoms with Gasteiger partial charge in [-0.25, -0.2) is 9.37 Å². The Morgan fingerprint density at radius 2 is 2.32 bits per heavy atom. The Bertz CT molecular complexity index is 1010. The molecule has 0 saturated carbocycles. The predicted molar refractivity (Wildman–Crippen MR) is 97.2 cm³/mol. The van der Waals surface area contributed by atoms with Crippen LogP contribution in [0.4, 0.5) is 4.39 Å². The summed E-state index contributed by atoms with van der Waals surface area (Å²) in [7, 11) is 0. The fourth-order valence-electron chi connectivity index (χ4n) is 3.20. The lowest BCUT2D eigenvalue weighted by Crippen LogP contribution is -2.15. The van der Waals surface area contributed by atoms with Crippen molar-refractivity contribution in [3.8, 4) is 5.75 Å². The SMILES string of the molecule is CC1CCc2c(sc3nc(COc4ccc(F)cc4Cl)[nH]c(=O)c23)C1. The maximum Gasteiger partial charge on any atom is 0.260 e. The number of aryl methyl sites for hydroxylation is 1. The number of nitrogens with one attached hydrogen (secondary N) is 1. The molecule has 0 amide bonds. The Balaban J connectivity index is 1.64. The van der Waals surface area contributed by atoms with Crippen molar-refractivity contribution in [1.29, 1.82) is 0 Å². The quantitative estimate of drug-likeness (QED) is 0.731. The van der Waals surface area contributed by atoms with Crippen molar-refractivity contribution in [2.45, 2.75) is 32.8 Å². The highest BCUT2D eigenvalue weighted by atomic mass is 35.5. The highest BCUT2D eigenvalue weighted by molar-refractivity contribution is 7.18. The number of ether oxygens (including phenoxy) is 1. The average molecular weight is 379 g/mol. The summed E-state index contributed by atoms with van der Waals surface area (Å²) in [5.74, 6) is 1.00. The van der Waals surface area contributed by atoms with E-state index in [1.807, 2.05) is 0 Å². The molecule has 1 unspecified atom stereocenters. The van der Waals surface area contributed by atoms with E-state index in [1.54, 1.807) is 11.3 Å². The fraction of sp³-hybridized carbons (Fsp3) is 0.333. The first kappa shape index (κ1) is 16.5. The first-order chi connectivity index (χ1) is 12.0. The van der Waals surface area contributed by atoms with Crippen molar-refractivity contribution in [3.05, 3.63) is 55.7 Å². The summed E-state index contributed by atoms with van der Waals surface area (Å²) in [6, 6.07) is 3.92. The van der Waals surface area contributed by atoms with Crippen LogP contribution in [0.5, 0.6) is 5.75 Å². The second-order valence-electron chi connectivity index (χ2n) is 6.41. The van der Waals surface area contributed by atoms with Gasteiger partial charge in [-0.05, 0) is 48.9 Å². The Kier molecular flexibility index (Phi) is 4.25. The minimum Gasteiger partial charge on any atom is -0.484 e. The lowest BCUT2D eigenvalue weighted by Gasteiger charge is -2.17. The van der Waals surface area contributed by atoms with Gasteiger partial charge in [0.15, 0.2) is 0 Å². The first-order valence-electron chi connectivity index (χ1n) is 8.12. The molecule has 0 spiro atoms. The second-order valence-corrected chi connectivity index (χ2v) is 7.90. The Morgan fingerprint density at radius 1 is 1.48 bits per heavy atom. The lowest BCUT2D eigenvalue weighted by molar-refractivity contribution is 0.296. The van der Waals surface area contributed by atoms with Crippen LogP contribution in [0.1, 0.15) is 29.6 Å². The summed E-state index contributed by atoms with van der Waals surface area (Å²) in [6.07, 6.45) is 3.04. The lowest BCUT2D eigenvalue weighted by atomic mass is 9.89. The Morgan fingerprint density at radius 3 is 3.12 bits per heavy atom. The summed E-state index contributed by atoms with van der Waals surface area (Å²) in [4.78, 5) is 21.9. The Hall–Kier alpha value is -1.92. The predicted octanol–water partition coefficient (Wildman–Crippen LogP) is 4.48. The smallest absolute Gasteiger partial charge is 0.260 e. The second kappa shape index (κ2) is 6.42. The van der Waals surface area contributed by atoms with E-state index in [-0.39, 0.29) is 17.2 Å². The molecule has 4 rings (SSSR count). The van der Waals surface area contributed by atoms with Crippen LogP contribution in [0, 0.1) is 11.7 Å². The van der Waals surface area contributed by atoms with Crippen LogP contribution in [-0.2, 0) is 19.4 Å². The highest BCUT2D eigenvalue weighted by Crippen LogP contribution is 2.35. The molecule has 1 aliphatic rings. The summed E-state index contributed by atoms with van der Waals surface area (Å²) in [5, 5.41) is 0.902. The molecular formula is C18H16ClFN2O2S. The highest BCUT2D eigenvalue weighted by Gasteiger charge is 2.23. The van der Waals surface area contributed by atoms with Crippen molar-refractivity contribution >= 4 is 33.2 Å². The van der Waals surface area contributed by atoms with Gasteiger partial charge in [-0.1, -0.05) is 18.5 Å². The molecule has 2 heterocycles. The minimum atomic E-state index is -0.427. The molecule has 2 aromatic heterocycles. The van der Waals surface area contributed by atoms with E-state index in [1.165, 1.54) is 23.1 Å². The number of halogens is 2. The van der Waals surface area contributed by atoms with E-state index in [0.29, 0.717) is 17.5 Å². The third-order valence-corrected chi connectivity index (χ3v) is 5.92. The number of aromatic nitrogens is 2. The van der Waals surface area contributed by atoms with Gasteiger partial charge in [0, 0.05) is 4.88 Å². The molecule has 0 saturated heterocycles. The molecule has 3 aromatic rings. The van der Waals surface area contributed by atoms with E-state index in [9.17, 15) is 9.18 Å². The number of hydrogen-bond donors (Lipinski definition) is 1. The number of rotatable bonds is 3. The molecule has 7 heteroatoms. The maximum absolute atomic E-state index is 13.1. The summed E-state index contributed by atoms with van der Waals surface area (Å²) >= 11 is 7.55. The van der Waals surface area contributed by atoms with Gasteiger partial charge in [0.2, 0.25) is 0 Å². The van der Waals surface area contributed by atoms with Crippen LogP contribution in [0.2, 0.25) is 5.02 Å². The maximum atomic E-state index is 13.1. The van der Waals surface area contributed by atoms with E-state index in [2.05, 4.69) is 16.9 Å². The number of fused-ring (bicyclic) bond motifs is 3. The molecule has 1 aliphatic carbocycles. The van der Waals surface area contributed by atoms with Crippen LogP contribution in [0.3, 0.4) is 0 Å². The number of H-pyrrole nitrogens is 1. The largest absolute Gasteiger partial charge is 0.484 e. The molecule has 1 N–H and O–H groups in total. The summed E-state index contributed by atoms with van der Waals surface area (Å²) in [6.45, 7) is 2.30. The molecule has 1 aromatic carbocycles. The first-order valence-corrected chi connectivity index (χ1v) is 9.32. The van der Waals surface area contributed by atoms with Crippen LogP contribution in [0.15, 0.2) is 23.0 Å². The molecular weight excluding hydrogens is 363 g/mol. The number of aromatic amines is 1. The molecule has 130 valence electrons. The van der Waals surface area contributed by atoms with Crippen LogP contribution in [-0.4, -0.2) is 9.97 Å². The molecule has 0 aliphatic heterocycles. The van der Waals surface area contributed by atoms with Gasteiger partial charge < -0.3 is 9.72 Å². The van der Waals surface area contributed by atoms with Crippen molar-refractivity contribution in [2.24, 2.45) is 5.92 Å². The van der Waals surface area contributed by atoms with Gasteiger partial charge in [0.1, 0.15) is 28.8 Å². The van der Waals surface area contributed by atoms with Crippen molar-refractivity contribution in [1.82, 2.24) is 9.97 Å². The number of hydrogen-bond acceptors (Lipinski definition) is 4. The zero-order valence-corrected chi connectivity index (χ0v) is 15.1. The third-order valence-electron chi connectivity index (χ3n) is 4.47. The van der Waals surface area contributed by atoms with E-state index >= 15 is 0 Å². The molecule has 0 radical (unpaired) electrons. The average Bonchev–Trinajstić information content (AvgIpc) is 2.91. The van der Waals surface area contributed by atoms with Gasteiger partial charge in [-0.2, -0.15) is 0 Å². The van der Waals surface area contributed by atoms with Gasteiger partial charge >= 0.3 is 0 Å². The summed E-state index contributed by atoms with van der Waals surface area (Å²) in [5.41, 5.74) is 1.03. The van der Waals surface area contributed by atoms with E-state index < -0.39 is 5.82 Å². The van der Waals surface area contributed by atoms with Crippen molar-refractivity contribution in [3.63, 3.8) is 0 Å². The minimum absolute atomic E-state index is 0.0650.